The lowest BCUT2D eigenvalue weighted by Crippen LogP contribution is -2.45. The van der Waals surface area contributed by atoms with E-state index in [1.807, 2.05) is 30.3 Å². The van der Waals surface area contributed by atoms with Gasteiger partial charge >= 0.3 is 12.1 Å². The summed E-state index contributed by atoms with van der Waals surface area (Å²) in [7, 11) is 0. The summed E-state index contributed by atoms with van der Waals surface area (Å²) in [5, 5.41) is 12.0. The first-order chi connectivity index (χ1) is 14.0. The van der Waals surface area contributed by atoms with Crippen molar-refractivity contribution in [2.24, 2.45) is 0 Å². The van der Waals surface area contributed by atoms with Gasteiger partial charge in [-0.3, -0.25) is 14.5 Å². The molecule has 8 heteroatoms. The first-order valence-corrected chi connectivity index (χ1v) is 9.13. The summed E-state index contributed by atoms with van der Waals surface area (Å²) in [6.45, 7) is 0.278. The van der Waals surface area contributed by atoms with E-state index in [1.54, 1.807) is 12.1 Å². The number of carbonyl (C=O) groups excluding carboxylic acids is 3. The standard InChI is InChI=1S/C21H20N2O6/c24-18-15-9-4-5-10-16(15)19(25)23(18)17(20(26)27)11-6-12-22-21(28)29-13-14-7-2-1-3-8-14/h1-5,7-10,17H,6,11-13H2,(H,22,28)(H,26,27)/t17-/m0/s1. The van der Waals surface area contributed by atoms with E-state index in [0.29, 0.717) is 0 Å². The number of nitrogens with one attached hydrogen (secondary N) is 1. The van der Waals surface area contributed by atoms with Crippen molar-refractivity contribution >= 4 is 23.9 Å². The topological polar surface area (TPSA) is 113 Å². The summed E-state index contributed by atoms with van der Waals surface area (Å²) < 4.78 is 5.07. The molecule has 0 radical (unpaired) electrons. The molecule has 0 fully saturated rings. The number of aliphatic carboxylic acids is 1. The minimum Gasteiger partial charge on any atom is -0.480 e. The SMILES string of the molecule is O=C(NCCC[C@@H](C(=O)O)N1C(=O)c2ccccc2C1=O)OCc1ccccc1. The summed E-state index contributed by atoms with van der Waals surface area (Å²) in [6.07, 6.45) is -0.355. The second-order valence-electron chi connectivity index (χ2n) is 6.51. The van der Waals surface area contributed by atoms with Crippen LogP contribution in [0.4, 0.5) is 4.79 Å². The van der Waals surface area contributed by atoms with Crippen molar-refractivity contribution in [2.75, 3.05) is 6.54 Å². The molecular formula is C21H20N2O6. The molecule has 0 saturated carbocycles. The van der Waals surface area contributed by atoms with Gasteiger partial charge in [0.25, 0.3) is 11.8 Å². The van der Waals surface area contributed by atoms with E-state index in [2.05, 4.69) is 5.32 Å². The van der Waals surface area contributed by atoms with Gasteiger partial charge < -0.3 is 15.2 Å². The van der Waals surface area contributed by atoms with Crippen molar-refractivity contribution in [2.45, 2.75) is 25.5 Å². The number of fused-ring (bicyclic) bond motifs is 1. The number of imide groups is 1. The molecule has 29 heavy (non-hydrogen) atoms. The highest BCUT2D eigenvalue weighted by Gasteiger charge is 2.42. The van der Waals surface area contributed by atoms with Gasteiger partial charge in [0, 0.05) is 6.54 Å². The van der Waals surface area contributed by atoms with Crippen LogP contribution in [0.5, 0.6) is 0 Å². The van der Waals surface area contributed by atoms with Gasteiger partial charge in [0.1, 0.15) is 12.6 Å². The van der Waals surface area contributed by atoms with Crippen LogP contribution in [0.3, 0.4) is 0 Å². The Balaban J connectivity index is 1.49. The molecule has 8 nitrogen and oxygen atoms in total. The molecule has 3 rings (SSSR count). The molecule has 150 valence electrons. The minimum atomic E-state index is -1.30. The smallest absolute Gasteiger partial charge is 0.407 e. The quantitative estimate of drug-likeness (QED) is 0.523. The zero-order valence-electron chi connectivity index (χ0n) is 15.5. The number of rotatable bonds is 8. The van der Waals surface area contributed by atoms with Crippen molar-refractivity contribution < 1.29 is 29.0 Å². The van der Waals surface area contributed by atoms with Gasteiger partial charge in [-0.15, -0.1) is 0 Å². The van der Waals surface area contributed by atoms with Crippen molar-refractivity contribution in [1.82, 2.24) is 10.2 Å². The van der Waals surface area contributed by atoms with Gasteiger partial charge in [0.2, 0.25) is 0 Å². The molecule has 0 aliphatic carbocycles. The molecule has 0 aromatic heterocycles. The number of amides is 3. The molecule has 3 amide bonds. The summed E-state index contributed by atoms with van der Waals surface area (Å²) in [4.78, 5) is 49.1. The molecule has 2 N–H and O–H groups in total. The van der Waals surface area contributed by atoms with Crippen LogP contribution in [-0.2, 0) is 16.1 Å². The fourth-order valence-corrected chi connectivity index (χ4v) is 3.11. The van der Waals surface area contributed by atoms with Crippen LogP contribution < -0.4 is 5.32 Å². The lowest BCUT2D eigenvalue weighted by molar-refractivity contribution is -0.141. The van der Waals surface area contributed by atoms with Crippen molar-refractivity contribution in [3.63, 3.8) is 0 Å². The highest BCUT2D eigenvalue weighted by Crippen LogP contribution is 2.26. The number of carboxylic acids is 1. The van der Waals surface area contributed by atoms with Gasteiger partial charge in [-0.05, 0) is 30.5 Å². The zero-order valence-corrected chi connectivity index (χ0v) is 15.5. The molecule has 2 aromatic carbocycles. The fraction of sp³-hybridized carbons (Fsp3) is 0.238. The van der Waals surface area contributed by atoms with Gasteiger partial charge in [0.15, 0.2) is 0 Å². The number of carbonyl (C=O) groups is 4. The number of benzene rings is 2. The van der Waals surface area contributed by atoms with Crippen LogP contribution in [0, 0.1) is 0 Å². The second-order valence-corrected chi connectivity index (χ2v) is 6.51. The maximum Gasteiger partial charge on any atom is 0.407 e. The van der Waals surface area contributed by atoms with E-state index in [0.717, 1.165) is 10.5 Å². The normalized spacial score (nSPS) is 13.7. The molecule has 1 heterocycles. The van der Waals surface area contributed by atoms with Crippen molar-refractivity contribution in [1.29, 1.82) is 0 Å². The predicted octanol–water partition coefficient (Wildman–Crippen LogP) is 2.44. The third kappa shape index (κ3) is 4.60. The number of alkyl carbamates (subject to hydrolysis) is 1. The monoisotopic (exact) mass is 396 g/mol. The number of ether oxygens (including phenoxy) is 1. The first kappa shape index (κ1) is 20.1. The van der Waals surface area contributed by atoms with Gasteiger partial charge in [-0.25, -0.2) is 9.59 Å². The van der Waals surface area contributed by atoms with Crippen LogP contribution in [0.1, 0.15) is 39.1 Å². The van der Waals surface area contributed by atoms with Crippen LogP contribution in [0.2, 0.25) is 0 Å². The molecule has 1 atom stereocenters. The maximum atomic E-state index is 12.5. The highest BCUT2D eigenvalue weighted by atomic mass is 16.5. The van der Waals surface area contributed by atoms with Crippen LogP contribution in [0.25, 0.3) is 0 Å². The lowest BCUT2D eigenvalue weighted by Gasteiger charge is -2.22. The molecule has 2 aromatic rings. The summed E-state index contributed by atoms with van der Waals surface area (Å²) in [5.41, 5.74) is 1.25. The second kappa shape index (κ2) is 9.01. The zero-order chi connectivity index (χ0) is 20.8. The molecule has 0 saturated heterocycles. The van der Waals surface area contributed by atoms with E-state index in [9.17, 15) is 24.3 Å². The Kier molecular flexibility index (Phi) is 6.23. The van der Waals surface area contributed by atoms with Gasteiger partial charge in [-0.2, -0.15) is 0 Å². The first-order valence-electron chi connectivity index (χ1n) is 9.13. The molecule has 0 bridgehead atoms. The predicted molar refractivity (Wildman–Crippen MR) is 102 cm³/mol. The van der Waals surface area contributed by atoms with Crippen molar-refractivity contribution in [3.05, 3.63) is 71.3 Å². The van der Waals surface area contributed by atoms with E-state index in [1.165, 1.54) is 12.1 Å². The molecule has 0 spiro atoms. The number of hydrogen-bond acceptors (Lipinski definition) is 5. The van der Waals surface area contributed by atoms with Crippen LogP contribution >= 0.6 is 0 Å². The Bertz CT molecular complexity index is 893. The third-order valence-corrected chi connectivity index (χ3v) is 4.56. The van der Waals surface area contributed by atoms with Crippen LogP contribution in [0.15, 0.2) is 54.6 Å². The van der Waals surface area contributed by atoms with E-state index >= 15 is 0 Å². The van der Waals surface area contributed by atoms with E-state index in [-0.39, 0.29) is 37.1 Å². The largest absolute Gasteiger partial charge is 0.480 e. The van der Waals surface area contributed by atoms with E-state index in [4.69, 9.17) is 4.74 Å². The summed E-state index contributed by atoms with van der Waals surface area (Å²) in [6, 6.07) is 14.1. The number of nitrogens with zero attached hydrogens (tertiary/aromatic N) is 1. The Morgan fingerprint density at radius 1 is 0.966 bits per heavy atom. The fourth-order valence-electron chi connectivity index (χ4n) is 3.11. The Labute approximate surface area is 167 Å². The summed E-state index contributed by atoms with van der Waals surface area (Å²) >= 11 is 0. The van der Waals surface area contributed by atoms with Crippen LogP contribution in [-0.4, -0.2) is 46.5 Å². The number of hydrogen-bond donors (Lipinski definition) is 2. The Morgan fingerprint density at radius 3 is 2.14 bits per heavy atom. The van der Waals surface area contributed by atoms with Gasteiger partial charge in [-0.1, -0.05) is 42.5 Å². The Hall–Kier alpha value is -3.68. The van der Waals surface area contributed by atoms with Gasteiger partial charge in [0.05, 0.1) is 11.1 Å². The minimum absolute atomic E-state index is 0.0137. The lowest BCUT2D eigenvalue weighted by atomic mass is 10.1. The molecular weight excluding hydrogens is 376 g/mol. The Morgan fingerprint density at radius 2 is 1.55 bits per heavy atom. The maximum absolute atomic E-state index is 12.5. The molecule has 1 aliphatic rings. The molecule has 1 aliphatic heterocycles. The average Bonchev–Trinajstić information content (AvgIpc) is 2.98. The summed E-state index contributed by atoms with van der Waals surface area (Å²) in [5.74, 6) is -2.51. The third-order valence-electron chi connectivity index (χ3n) is 4.56. The van der Waals surface area contributed by atoms with Crippen molar-refractivity contribution in [3.8, 4) is 0 Å². The van der Waals surface area contributed by atoms with E-state index < -0.39 is 29.9 Å². The molecule has 0 unspecified atom stereocenters. The average molecular weight is 396 g/mol. The number of carboxylic acid groups (broad SMARTS) is 1. The highest BCUT2D eigenvalue weighted by molar-refractivity contribution is 6.22.